The summed E-state index contributed by atoms with van der Waals surface area (Å²) in [6.45, 7) is 0. The molecule has 0 aliphatic rings. The zero-order chi connectivity index (χ0) is 24.9. The standard InChI is InChI=1S/C27H19N9Si/c1-3-13-29-21(8-1)22-10-11-25(36-35-22)37(24-9-2-4-14-30-24,27-31-15-6-16-32-27)26-19-33-23(18-34-26)20-7-5-12-28-17-20/h1-19H. The molecule has 10 heteroatoms. The molecule has 0 amide bonds. The molecule has 0 radical (unpaired) electrons. The van der Waals surface area contributed by atoms with Gasteiger partial charge in [-0.15, -0.1) is 5.10 Å². The summed E-state index contributed by atoms with van der Waals surface area (Å²) < 4.78 is 0. The maximum absolute atomic E-state index is 4.91. The van der Waals surface area contributed by atoms with Crippen LogP contribution in [-0.2, 0) is 0 Å². The lowest BCUT2D eigenvalue weighted by atomic mass is 10.2. The summed E-state index contributed by atoms with van der Waals surface area (Å²) in [5, 5.41) is 11.4. The molecule has 1 atom stereocenters. The zero-order valence-electron chi connectivity index (χ0n) is 19.5. The minimum Gasteiger partial charge on any atom is -0.265 e. The lowest BCUT2D eigenvalue weighted by Crippen LogP contribution is -2.78. The van der Waals surface area contributed by atoms with Crippen molar-refractivity contribution in [1.29, 1.82) is 0 Å². The molecular weight excluding hydrogens is 478 g/mol. The molecule has 9 nitrogen and oxygen atoms in total. The van der Waals surface area contributed by atoms with E-state index in [2.05, 4.69) is 15.1 Å². The molecule has 0 saturated heterocycles. The van der Waals surface area contributed by atoms with Crippen LogP contribution in [0.25, 0.3) is 22.6 Å². The van der Waals surface area contributed by atoms with Crippen molar-refractivity contribution >= 4 is 29.5 Å². The predicted octanol–water partition coefficient (Wildman–Crippen LogP) is 0.953. The van der Waals surface area contributed by atoms with Crippen molar-refractivity contribution in [3.63, 3.8) is 0 Å². The maximum atomic E-state index is 4.91. The number of hydrogen-bond donors (Lipinski definition) is 0. The van der Waals surface area contributed by atoms with Crippen molar-refractivity contribution in [3.8, 4) is 22.6 Å². The first-order valence-electron chi connectivity index (χ1n) is 11.5. The van der Waals surface area contributed by atoms with Gasteiger partial charge < -0.3 is 0 Å². The van der Waals surface area contributed by atoms with Gasteiger partial charge in [-0.3, -0.25) is 24.9 Å². The molecule has 6 rings (SSSR count). The number of rotatable bonds is 6. The van der Waals surface area contributed by atoms with Crippen LogP contribution in [0.2, 0.25) is 0 Å². The molecule has 0 saturated carbocycles. The Kier molecular flexibility index (Phi) is 5.97. The van der Waals surface area contributed by atoms with Crippen LogP contribution in [0.5, 0.6) is 0 Å². The molecule has 0 aliphatic carbocycles. The Morgan fingerprint density at radius 1 is 0.432 bits per heavy atom. The quantitative estimate of drug-likeness (QED) is 0.310. The van der Waals surface area contributed by atoms with Gasteiger partial charge >= 0.3 is 0 Å². The van der Waals surface area contributed by atoms with Crippen molar-refractivity contribution in [2.45, 2.75) is 0 Å². The first-order valence-corrected chi connectivity index (χ1v) is 13.5. The molecule has 176 valence electrons. The van der Waals surface area contributed by atoms with E-state index in [1.54, 1.807) is 55.6 Å². The lowest BCUT2D eigenvalue weighted by Gasteiger charge is -2.27. The van der Waals surface area contributed by atoms with Crippen LogP contribution >= 0.6 is 0 Å². The van der Waals surface area contributed by atoms with Crippen molar-refractivity contribution in [2.75, 3.05) is 0 Å². The fourth-order valence-corrected chi connectivity index (χ4v) is 7.86. The Labute approximate surface area is 213 Å². The van der Waals surface area contributed by atoms with Gasteiger partial charge in [0.15, 0.2) is 0 Å². The molecule has 6 heterocycles. The Bertz CT molecular complexity index is 1460. The van der Waals surface area contributed by atoms with E-state index in [4.69, 9.17) is 30.0 Å². The van der Waals surface area contributed by atoms with Crippen molar-refractivity contribution in [3.05, 3.63) is 116 Å². The number of nitrogens with zero attached hydrogens (tertiary/aromatic N) is 9. The Morgan fingerprint density at radius 3 is 1.92 bits per heavy atom. The maximum Gasteiger partial charge on any atom is 0.290 e. The van der Waals surface area contributed by atoms with Crippen LogP contribution in [0.3, 0.4) is 0 Å². The largest absolute Gasteiger partial charge is 0.290 e. The normalized spacial score (nSPS) is 12.5. The second-order valence-electron chi connectivity index (χ2n) is 8.08. The summed E-state index contributed by atoms with van der Waals surface area (Å²) >= 11 is 0. The summed E-state index contributed by atoms with van der Waals surface area (Å²) in [4.78, 5) is 32.4. The smallest absolute Gasteiger partial charge is 0.265 e. The van der Waals surface area contributed by atoms with Gasteiger partial charge in [-0.2, -0.15) is 5.10 Å². The Hall–Kier alpha value is -5.09. The zero-order valence-corrected chi connectivity index (χ0v) is 20.5. The SMILES string of the molecule is c1ccc(-c2ccc([Si](c3ccccn3)(c3cnc(-c4cccnc4)cn3)c3ncccn3)nn2)nc1. The van der Waals surface area contributed by atoms with Gasteiger partial charge in [-0.05, 0) is 54.6 Å². The molecule has 1 unspecified atom stereocenters. The van der Waals surface area contributed by atoms with Crippen molar-refractivity contribution < 1.29 is 0 Å². The van der Waals surface area contributed by atoms with Gasteiger partial charge in [0.2, 0.25) is 0 Å². The Morgan fingerprint density at radius 2 is 1.27 bits per heavy atom. The first-order chi connectivity index (χ1) is 18.4. The highest BCUT2D eigenvalue weighted by Crippen LogP contribution is 2.14. The molecule has 0 aliphatic heterocycles. The Balaban J connectivity index is 1.57. The third-order valence-corrected chi connectivity index (χ3v) is 9.97. The van der Waals surface area contributed by atoms with Crippen LogP contribution in [0.1, 0.15) is 0 Å². The molecule has 0 fully saturated rings. The summed E-state index contributed by atoms with van der Waals surface area (Å²) in [6, 6.07) is 20.9. The summed E-state index contributed by atoms with van der Waals surface area (Å²) in [7, 11) is -3.26. The number of aromatic nitrogens is 9. The van der Waals surface area contributed by atoms with Crippen LogP contribution < -0.4 is 21.4 Å². The van der Waals surface area contributed by atoms with Crippen LogP contribution in [0, 0.1) is 0 Å². The lowest BCUT2D eigenvalue weighted by molar-refractivity contribution is 1.05. The molecule has 6 aromatic heterocycles. The molecule has 6 aromatic rings. The third kappa shape index (κ3) is 4.15. The molecule has 37 heavy (non-hydrogen) atoms. The van der Waals surface area contributed by atoms with Crippen molar-refractivity contribution in [2.24, 2.45) is 0 Å². The highest BCUT2D eigenvalue weighted by atomic mass is 28.3. The fourth-order valence-electron chi connectivity index (χ4n) is 4.18. The van der Waals surface area contributed by atoms with Crippen LogP contribution in [0.4, 0.5) is 0 Å². The minimum atomic E-state index is -3.26. The van der Waals surface area contributed by atoms with Gasteiger partial charge in [-0.1, -0.05) is 12.1 Å². The van der Waals surface area contributed by atoms with Gasteiger partial charge in [-0.25, -0.2) is 9.97 Å². The van der Waals surface area contributed by atoms with Crippen LogP contribution in [0.15, 0.2) is 116 Å². The number of hydrogen-bond acceptors (Lipinski definition) is 9. The van der Waals surface area contributed by atoms with Crippen LogP contribution in [-0.4, -0.2) is 53.2 Å². The second-order valence-corrected chi connectivity index (χ2v) is 11.6. The van der Waals surface area contributed by atoms with Gasteiger partial charge in [0.25, 0.3) is 8.07 Å². The van der Waals surface area contributed by atoms with E-state index in [0.717, 1.165) is 16.6 Å². The summed E-state index contributed by atoms with van der Waals surface area (Å²) in [5.41, 5.74) is 3.59. The van der Waals surface area contributed by atoms with E-state index < -0.39 is 8.07 Å². The molecule has 0 N–H and O–H groups in total. The van der Waals surface area contributed by atoms with Crippen molar-refractivity contribution in [1.82, 2.24) is 45.1 Å². The van der Waals surface area contributed by atoms with E-state index in [0.29, 0.717) is 27.5 Å². The predicted molar refractivity (Wildman–Crippen MR) is 141 cm³/mol. The van der Waals surface area contributed by atoms with E-state index in [-0.39, 0.29) is 0 Å². The average molecular weight is 498 g/mol. The van der Waals surface area contributed by atoms with Gasteiger partial charge in [0, 0.05) is 54.3 Å². The molecule has 0 bridgehead atoms. The second kappa shape index (κ2) is 9.88. The highest BCUT2D eigenvalue weighted by Gasteiger charge is 2.50. The molecule has 0 spiro atoms. The van der Waals surface area contributed by atoms with Gasteiger partial charge in [0.1, 0.15) is 11.1 Å². The average Bonchev–Trinajstić information content (AvgIpc) is 3.00. The van der Waals surface area contributed by atoms with E-state index in [1.807, 2.05) is 60.7 Å². The topological polar surface area (TPSA) is 116 Å². The third-order valence-electron chi connectivity index (χ3n) is 5.92. The van der Waals surface area contributed by atoms with Gasteiger partial charge in [0.05, 0.1) is 28.2 Å². The molecule has 0 aromatic carbocycles. The fraction of sp³-hybridized carbons (Fsp3) is 0. The monoisotopic (exact) mass is 497 g/mol. The molecular formula is C27H19N9Si. The summed E-state index contributed by atoms with van der Waals surface area (Å²) in [6.07, 6.45) is 13.9. The van der Waals surface area contributed by atoms with E-state index in [1.165, 1.54) is 0 Å². The summed E-state index contributed by atoms with van der Waals surface area (Å²) in [5.74, 6) is 0. The van der Waals surface area contributed by atoms with E-state index >= 15 is 0 Å². The first kappa shape index (κ1) is 22.4. The highest BCUT2D eigenvalue weighted by molar-refractivity contribution is 7.18. The minimum absolute atomic E-state index is 0.594. The number of pyridine rings is 3. The van der Waals surface area contributed by atoms with E-state index in [9.17, 15) is 0 Å².